The zero-order valence-corrected chi connectivity index (χ0v) is 18.7. The Balaban J connectivity index is 1.69. The molecule has 0 unspecified atom stereocenters. The van der Waals surface area contributed by atoms with Gasteiger partial charge in [0, 0.05) is 4.11 Å². The molecule has 156 valence electrons. The Morgan fingerprint density at radius 3 is 2.52 bits per heavy atom. The van der Waals surface area contributed by atoms with Crippen LogP contribution in [0.25, 0.3) is 39.3 Å². The van der Waals surface area contributed by atoms with Crippen molar-refractivity contribution in [1.29, 1.82) is 0 Å². The molecule has 0 saturated carbocycles. The summed E-state index contributed by atoms with van der Waals surface area (Å²) in [6.45, 7) is 6.52. The summed E-state index contributed by atoms with van der Waals surface area (Å²) < 4.78 is 33.6. The molecule has 0 atom stereocenters. The molecule has 0 N–H and O–H groups in total. The van der Waals surface area contributed by atoms with Crippen LogP contribution in [0.15, 0.2) is 71.3 Å². The van der Waals surface area contributed by atoms with E-state index in [0.717, 1.165) is 39.3 Å². The van der Waals surface area contributed by atoms with Crippen LogP contribution in [0.4, 0.5) is 0 Å². The van der Waals surface area contributed by atoms with E-state index in [4.69, 9.17) is 8.53 Å². The number of hydrogen-bond acceptors (Lipinski definition) is 1. The van der Waals surface area contributed by atoms with Gasteiger partial charge in [-0.3, -0.25) is 0 Å². The molecule has 31 heavy (non-hydrogen) atoms. The molecule has 5 aromatic rings. The number of aryl methyl sites for hydroxylation is 3. The zero-order valence-electron chi connectivity index (χ0n) is 21.7. The van der Waals surface area contributed by atoms with E-state index in [1.54, 1.807) is 12.1 Å². The minimum absolute atomic E-state index is 0.0289. The number of hydrogen-bond donors (Lipinski definition) is 0. The van der Waals surface area contributed by atoms with E-state index in [1.807, 2.05) is 30.8 Å². The first kappa shape index (κ1) is 16.4. The molecule has 0 fully saturated rings. The highest BCUT2D eigenvalue weighted by atomic mass is 16.3. The van der Waals surface area contributed by atoms with Gasteiger partial charge in [-0.05, 0) is 65.7 Å². The Bertz CT molecular complexity index is 1550. The van der Waals surface area contributed by atoms with Gasteiger partial charge in [0.15, 0.2) is 17.3 Å². The third-order valence-corrected chi connectivity index (χ3v) is 6.00. The van der Waals surface area contributed by atoms with Crippen molar-refractivity contribution in [2.24, 2.45) is 7.05 Å². The van der Waals surface area contributed by atoms with Crippen molar-refractivity contribution >= 4 is 16.8 Å². The summed E-state index contributed by atoms with van der Waals surface area (Å²) in [5.41, 5.74) is 8.42. The Morgan fingerprint density at radius 1 is 0.968 bits per heavy atom. The van der Waals surface area contributed by atoms with Crippen molar-refractivity contribution in [3.63, 3.8) is 0 Å². The molecule has 0 aliphatic rings. The Morgan fingerprint density at radius 2 is 1.77 bits per heavy atom. The third-order valence-electron chi connectivity index (χ3n) is 6.00. The van der Waals surface area contributed by atoms with Crippen LogP contribution in [0.5, 0.6) is 0 Å². The maximum atomic E-state index is 7.72. The number of nitrogens with zero attached hydrogens (tertiary/aromatic N) is 2. The fraction of sp³-hybridized carbons (Fsp3) is 0.250. The molecule has 0 aliphatic heterocycles. The van der Waals surface area contributed by atoms with Crippen LogP contribution in [0, 0.1) is 13.8 Å². The average molecular weight is 413 g/mol. The van der Waals surface area contributed by atoms with Crippen LogP contribution in [-0.2, 0) is 12.5 Å². The molecule has 0 radical (unpaired) electrons. The second-order valence-corrected chi connectivity index (χ2v) is 9.35. The van der Waals surface area contributed by atoms with Crippen LogP contribution in [0.1, 0.15) is 41.6 Å². The first-order valence-corrected chi connectivity index (χ1v) is 10.6. The van der Waals surface area contributed by atoms with Gasteiger partial charge in [-0.25, -0.2) is 4.57 Å². The van der Waals surface area contributed by atoms with Crippen LogP contribution >= 0.6 is 0 Å². The zero-order chi connectivity index (χ0) is 24.4. The lowest BCUT2D eigenvalue weighted by atomic mass is 9.82. The quantitative estimate of drug-likeness (QED) is 0.294. The largest absolute Gasteiger partial charge is 0.416 e. The topological polar surface area (TPSA) is 21.4 Å². The second kappa shape index (κ2) is 6.84. The van der Waals surface area contributed by atoms with Crippen molar-refractivity contribution in [1.82, 2.24) is 4.40 Å². The van der Waals surface area contributed by atoms with Crippen molar-refractivity contribution in [2.45, 2.75) is 40.0 Å². The van der Waals surface area contributed by atoms with E-state index in [-0.39, 0.29) is 5.41 Å². The van der Waals surface area contributed by atoms with E-state index in [1.165, 1.54) is 11.1 Å². The molecule has 0 saturated heterocycles. The molecule has 5 rings (SSSR count). The standard InChI is InChI=1S/C28H29N2O/c1-18-11-13-21(19(2)15-18)27-29(6)17-26-30(27)24-14-12-20(16-25(24)31-26)22-9-7-8-10-23(22)28(3,4)5/h7-17H,1-6H3/q+1/i1D3. The van der Waals surface area contributed by atoms with Crippen molar-refractivity contribution in [3.8, 4) is 22.5 Å². The van der Waals surface area contributed by atoms with Gasteiger partial charge in [0.25, 0.3) is 5.82 Å². The molecule has 3 nitrogen and oxygen atoms in total. The average Bonchev–Trinajstić information content (AvgIpc) is 3.26. The lowest BCUT2D eigenvalue weighted by molar-refractivity contribution is -0.658. The highest BCUT2D eigenvalue weighted by molar-refractivity contribution is 5.85. The maximum Gasteiger partial charge on any atom is 0.336 e. The lowest BCUT2D eigenvalue weighted by Gasteiger charge is -2.23. The number of rotatable bonds is 2. The molecule has 0 amide bonds. The predicted octanol–water partition coefficient (Wildman–Crippen LogP) is 6.76. The van der Waals surface area contributed by atoms with Crippen LogP contribution < -0.4 is 4.57 Å². The highest BCUT2D eigenvalue weighted by Gasteiger charge is 2.26. The van der Waals surface area contributed by atoms with Gasteiger partial charge in [0.2, 0.25) is 0 Å². The summed E-state index contributed by atoms with van der Waals surface area (Å²) in [7, 11) is 1.98. The molecule has 2 aromatic heterocycles. The van der Waals surface area contributed by atoms with Crippen LogP contribution in [0.3, 0.4) is 0 Å². The monoisotopic (exact) mass is 412 g/mol. The van der Waals surface area contributed by atoms with Crippen molar-refractivity contribution in [3.05, 3.63) is 83.6 Å². The fourth-order valence-corrected chi connectivity index (χ4v) is 4.53. The summed E-state index contributed by atoms with van der Waals surface area (Å²) in [5, 5.41) is 0. The van der Waals surface area contributed by atoms with Crippen LogP contribution in [-0.4, -0.2) is 4.40 Å². The molecule has 0 aliphatic carbocycles. The number of oxazole rings is 1. The summed E-state index contributed by atoms with van der Waals surface area (Å²) >= 11 is 0. The van der Waals surface area contributed by atoms with E-state index in [2.05, 4.69) is 67.6 Å². The van der Waals surface area contributed by atoms with Crippen molar-refractivity contribution < 1.29 is 13.1 Å². The predicted molar refractivity (Wildman–Crippen MR) is 127 cm³/mol. The van der Waals surface area contributed by atoms with Gasteiger partial charge >= 0.3 is 5.71 Å². The summed E-state index contributed by atoms with van der Waals surface area (Å²) in [6, 6.07) is 20.2. The Kier molecular flexibility index (Phi) is 3.62. The Labute approximate surface area is 187 Å². The van der Waals surface area contributed by atoms with Crippen LogP contribution in [0.2, 0.25) is 0 Å². The summed E-state index contributed by atoms with van der Waals surface area (Å²) in [4.78, 5) is 0. The molecule has 3 heteroatoms. The SMILES string of the molecule is [2H]C([2H])([2H])c1ccc(-c2n3c(c[n+]2C)oc2cc(-c4ccccc4C(C)(C)C)ccc23)c(C)c1. The molecule has 2 heterocycles. The van der Waals surface area contributed by atoms with Gasteiger partial charge < -0.3 is 4.42 Å². The number of benzene rings is 3. The highest BCUT2D eigenvalue weighted by Crippen LogP contribution is 2.35. The van der Waals surface area contributed by atoms with Gasteiger partial charge in [-0.2, -0.15) is 4.40 Å². The summed E-state index contributed by atoms with van der Waals surface area (Å²) in [5.74, 6) is 0.950. The Hall–Kier alpha value is -3.33. The lowest BCUT2D eigenvalue weighted by Crippen LogP contribution is -2.28. The maximum absolute atomic E-state index is 7.72. The normalized spacial score (nSPS) is 14.0. The van der Waals surface area contributed by atoms with Gasteiger partial charge in [0.05, 0.1) is 12.6 Å². The molecule has 0 bridgehead atoms. The van der Waals surface area contributed by atoms with Gasteiger partial charge in [-0.15, -0.1) is 0 Å². The second-order valence-electron chi connectivity index (χ2n) is 9.35. The molecular weight excluding hydrogens is 380 g/mol. The van der Waals surface area contributed by atoms with Gasteiger partial charge in [0.1, 0.15) is 0 Å². The van der Waals surface area contributed by atoms with Crippen molar-refractivity contribution in [2.75, 3.05) is 0 Å². The first-order chi connectivity index (χ1) is 15.9. The molecule has 3 aromatic carbocycles. The fourth-order valence-electron chi connectivity index (χ4n) is 4.53. The minimum Gasteiger partial charge on any atom is -0.416 e. The van der Waals surface area contributed by atoms with E-state index < -0.39 is 6.85 Å². The molecular formula is C28H29N2O+. The minimum atomic E-state index is -2.12. The number of imidazole rings is 1. The molecule has 0 spiro atoms. The number of fused-ring (bicyclic) bond motifs is 3. The first-order valence-electron chi connectivity index (χ1n) is 12.1. The van der Waals surface area contributed by atoms with E-state index >= 15 is 0 Å². The third kappa shape index (κ3) is 3.16. The van der Waals surface area contributed by atoms with E-state index in [0.29, 0.717) is 5.56 Å². The summed E-state index contributed by atoms with van der Waals surface area (Å²) in [6.07, 6.45) is 1.97. The number of aromatic nitrogens is 2. The smallest absolute Gasteiger partial charge is 0.336 e. The van der Waals surface area contributed by atoms with E-state index in [9.17, 15) is 0 Å². The van der Waals surface area contributed by atoms with Gasteiger partial charge in [-0.1, -0.05) is 62.7 Å².